The molecule has 0 nitrogen and oxygen atoms in total. The van der Waals surface area contributed by atoms with Crippen LogP contribution in [0.2, 0.25) is 0 Å². The molecule has 0 radical (unpaired) electrons. The first-order valence-corrected chi connectivity index (χ1v) is 13.6. The molecular weight excluding hydrogens is 571 g/mol. The van der Waals surface area contributed by atoms with Crippen LogP contribution in [-0.2, 0) is 6.16 Å². The van der Waals surface area contributed by atoms with Crippen molar-refractivity contribution in [3.05, 3.63) is 122 Å². The summed E-state index contributed by atoms with van der Waals surface area (Å²) in [7, 11) is -1.92. The van der Waals surface area contributed by atoms with E-state index >= 15 is 0 Å². The summed E-state index contributed by atoms with van der Waals surface area (Å²) in [6.07, 6.45) is 0.930. The van der Waals surface area contributed by atoms with Gasteiger partial charge in [-0.3, -0.25) is 0 Å². The lowest BCUT2D eigenvalue weighted by Crippen LogP contribution is -2.32. The van der Waals surface area contributed by atoms with E-state index in [2.05, 4.69) is 151 Å². The Hall–Kier alpha value is -1.25. The van der Waals surface area contributed by atoms with Crippen molar-refractivity contribution in [2.45, 2.75) is 6.16 Å². The van der Waals surface area contributed by atoms with Gasteiger partial charge in [0.25, 0.3) is 0 Å². The quantitative estimate of drug-likeness (QED) is 0.212. The van der Waals surface area contributed by atoms with Crippen LogP contribution < -0.4 is 15.9 Å². The molecule has 4 rings (SSSR count). The molecule has 0 spiro atoms. The van der Waals surface area contributed by atoms with Crippen LogP contribution >= 0.6 is 55.1 Å². The minimum Gasteiger partial charge on any atom is -0.0620 e. The number of rotatable bonds is 5. The highest BCUT2D eigenvalue weighted by atomic mass is 79.9. The van der Waals surface area contributed by atoms with E-state index < -0.39 is 7.26 Å². The van der Waals surface area contributed by atoms with Crippen LogP contribution in [0.25, 0.3) is 0 Å². The molecule has 0 saturated heterocycles. The molecule has 0 aromatic heterocycles. The number of halogens is 3. The van der Waals surface area contributed by atoms with Gasteiger partial charge in [0.1, 0.15) is 29.3 Å². The van der Waals surface area contributed by atoms with Crippen molar-refractivity contribution in [1.82, 2.24) is 0 Å². The van der Waals surface area contributed by atoms with Gasteiger partial charge in [-0.2, -0.15) is 0 Å². The van der Waals surface area contributed by atoms with Gasteiger partial charge in [-0.15, -0.1) is 0 Å². The molecule has 0 aliphatic heterocycles. The molecule has 0 amide bonds. The number of hydrogen-bond donors (Lipinski definition) is 0. The molecule has 0 heterocycles. The first kappa shape index (κ1) is 21.0. The molecule has 0 aliphatic carbocycles. The Morgan fingerprint density at radius 2 is 0.862 bits per heavy atom. The highest BCUT2D eigenvalue weighted by Crippen LogP contribution is 2.59. The van der Waals surface area contributed by atoms with Gasteiger partial charge < -0.3 is 0 Å². The minimum atomic E-state index is -1.92. The zero-order valence-electron chi connectivity index (χ0n) is 15.6. The van der Waals surface area contributed by atoms with E-state index in [-0.39, 0.29) is 0 Å². The lowest BCUT2D eigenvalue weighted by Gasteiger charge is -2.28. The van der Waals surface area contributed by atoms with E-state index in [1.807, 2.05) is 0 Å². The average Bonchev–Trinajstić information content (AvgIpc) is 2.75. The second-order valence-corrected chi connectivity index (χ2v) is 12.9. The zero-order valence-corrected chi connectivity index (χ0v) is 21.3. The minimum absolute atomic E-state index is 0.930. The summed E-state index contributed by atoms with van der Waals surface area (Å²) in [5.41, 5.74) is 1.29. The Bertz CT molecular complexity index is 977. The van der Waals surface area contributed by atoms with E-state index in [0.717, 1.165) is 19.6 Å². The fraction of sp³-hybridized carbons (Fsp3) is 0.0400. The molecule has 0 fully saturated rings. The molecule has 4 aromatic carbocycles. The maximum absolute atomic E-state index is 3.83. The Balaban J connectivity index is 2.04. The molecule has 4 aromatic rings. The Kier molecular flexibility index (Phi) is 6.71. The third kappa shape index (κ3) is 4.30. The van der Waals surface area contributed by atoms with Gasteiger partial charge in [-0.1, -0.05) is 102 Å². The van der Waals surface area contributed by atoms with Gasteiger partial charge in [0.05, 0.1) is 0 Å². The topological polar surface area (TPSA) is 0 Å². The third-order valence-corrected chi connectivity index (χ3v) is 11.3. The summed E-state index contributed by atoms with van der Waals surface area (Å²) in [5.74, 6) is 0. The highest BCUT2D eigenvalue weighted by molar-refractivity contribution is 9.11. The van der Waals surface area contributed by atoms with Crippen molar-refractivity contribution >= 4 is 71.0 Å². The summed E-state index contributed by atoms with van der Waals surface area (Å²) in [6, 6.07) is 37.2. The van der Waals surface area contributed by atoms with Crippen LogP contribution in [0.4, 0.5) is 0 Å². The van der Waals surface area contributed by atoms with E-state index in [0.29, 0.717) is 0 Å². The SMILES string of the molecule is Brc1cc(Br)c(C[P+](c2ccccc2)(c2ccccc2)c2ccccc2)c(Br)c1. The first-order chi connectivity index (χ1) is 14.1. The summed E-state index contributed by atoms with van der Waals surface area (Å²) in [6.45, 7) is 0. The normalized spacial score (nSPS) is 11.4. The predicted octanol–water partition coefficient (Wildman–Crippen LogP) is 7.47. The molecule has 0 saturated carbocycles. The van der Waals surface area contributed by atoms with Crippen molar-refractivity contribution in [2.75, 3.05) is 0 Å². The lowest BCUT2D eigenvalue weighted by molar-refractivity contribution is 1.32. The summed E-state index contributed by atoms with van der Waals surface area (Å²) in [5, 5.41) is 4.16. The van der Waals surface area contributed by atoms with Crippen molar-refractivity contribution in [2.24, 2.45) is 0 Å². The van der Waals surface area contributed by atoms with Crippen LogP contribution in [0.1, 0.15) is 5.56 Å². The number of benzene rings is 4. The maximum Gasteiger partial charge on any atom is 0.116 e. The summed E-state index contributed by atoms with van der Waals surface area (Å²) < 4.78 is 3.29. The van der Waals surface area contributed by atoms with Crippen molar-refractivity contribution < 1.29 is 0 Å². The first-order valence-electron chi connectivity index (χ1n) is 9.29. The average molecular weight is 590 g/mol. The summed E-state index contributed by atoms with van der Waals surface area (Å²) in [4.78, 5) is 0. The van der Waals surface area contributed by atoms with Crippen LogP contribution in [0, 0.1) is 0 Å². The molecular formula is C25H19Br3P+. The molecule has 4 heteroatoms. The van der Waals surface area contributed by atoms with E-state index in [1.165, 1.54) is 21.5 Å². The molecule has 0 bridgehead atoms. The number of hydrogen-bond acceptors (Lipinski definition) is 0. The van der Waals surface area contributed by atoms with E-state index in [4.69, 9.17) is 0 Å². The van der Waals surface area contributed by atoms with Crippen molar-refractivity contribution in [1.29, 1.82) is 0 Å². The maximum atomic E-state index is 3.83. The van der Waals surface area contributed by atoms with Gasteiger partial charge in [0.2, 0.25) is 0 Å². The second kappa shape index (κ2) is 9.27. The molecule has 29 heavy (non-hydrogen) atoms. The van der Waals surface area contributed by atoms with E-state index in [9.17, 15) is 0 Å². The van der Waals surface area contributed by atoms with Crippen LogP contribution in [0.15, 0.2) is 117 Å². The van der Waals surface area contributed by atoms with Gasteiger partial charge >= 0.3 is 0 Å². The Morgan fingerprint density at radius 3 is 1.21 bits per heavy atom. The largest absolute Gasteiger partial charge is 0.116 e. The van der Waals surface area contributed by atoms with Gasteiger partial charge in [-0.25, -0.2) is 0 Å². The van der Waals surface area contributed by atoms with Gasteiger partial charge in [0.15, 0.2) is 0 Å². The van der Waals surface area contributed by atoms with E-state index in [1.54, 1.807) is 0 Å². The summed E-state index contributed by atoms with van der Waals surface area (Å²) >= 11 is 11.3. The predicted molar refractivity (Wildman–Crippen MR) is 138 cm³/mol. The zero-order chi connectivity index (χ0) is 20.3. The molecule has 0 aliphatic rings. The van der Waals surface area contributed by atoms with Gasteiger partial charge in [0, 0.05) is 19.0 Å². The van der Waals surface area contributed by atoms with Gasteiger partial charge in [-0.05, 0) is 48.5 Å². The Labute approximate surface area is 198 Å². The monoisotopic (exact) mass is 587 g/mol. The third-order valence-electron chi connectivity index (χ3n) is 5.09. The highest BCUT2D eigenvalue weighted by Gasteiger charge is 2.46. The van der Waals surface area contributed by atoms with Crippen LogP contribution in [-0.4, -0.2) is 0 Å². The second-order valence-electron chi connectivity index (χ2n) is 6.82. The lowest BCUT2D eigenvalue weighted by atomic mass is 10.2. The molecule has 0 unspecified atom stereocenters. The van der Waals surface area contributed by atoms with Crippen molar-refractivity contribution in [3.8, 4) is 0 Å². The van der Waals surface area contributed by atoms with Crippen LogP contribution in [0.5, 0.6) is 0 Å². The molecule has 0 N–H and O–H groups in total. The fourth-order valence-electron chi connectivity index (χ4n) is 3.73. The fourth-order valence-corrected chi connectivity index (χ4v) is 11.0. The molecule has 0 atom stereocenters. The Morgan fingerprint density at radius 1 is 0.517 bits per heavy atom. The molecule has 144 valence electrons. The van der Waals surface area contributed by atoms with Crippen LogP contribution in [0.3, 0.4) is 0 Å². The van der Waals surface area contributed by atoms with Crippen molar-refractivity contribution in [3.63, 3.8) is 0 Å². The standard InChI is InChI=1S/C25H19Br3P/c26-19-16-24(27)23(25(28)17-19)18-29(20-10-4-1-5-11-20,21-12-6-2-7-13-21)22-14-8-3-9-15-22/h1-17H,18H2/q+1. The smallest absolute Gasteiger partial charge is 0.0620 e.